The van der Waals surface area contributed by atoms with Crippen molar-refractivity contribution >= 4 is 17.8 Å². The number of benzene rings is 2. The molecule has 0 aliphatic rings. The number of nitrogens with zero attached hydrogens (tertiary/aromatic N) is 1. The first-order chi connectivity index (χ1) is 9.16. The van der Waals surface area contributed by atoms with Crippen LogP contribution >= 0.6 is 11.6 Å². The number of hydrogen-bond donors (Lipinski definition) is 1. The molecule has 0 amide bonds. The summed E-state index contributed by atoms with van der Waals surface area (Å²) in [5, 5.41) is 10.9. The average Bonchev–Trinajstić information content (AvgIpc) is 2.46. The summed E-state index contributed by atoms with van der Waals surface area (Å²) in [5.41, 5.74) is 1.85. The summed E-state index contributed by atoms with van der Waals surface area (Å²) in [5.74, 6) is 0. The van der Waals surface area contributed by atoms with Gasteiger partial charge in [-0.05, 0) is 30.2 Å². The van der Waals surface area contributed by atoms with Crippen molar-refractivity contribution in [2.24, 2.45) is 4.99 Å². The summed E-state index contributed by atoms with van der Waals surface area (Å²) >= 11 is 5.82. The molecule has 0 bridgehead atoms. The molecule has 0 unspecified atom stereocenters. The highest BCUT2D eigenvalue weighted by molar-refractivity contribution is 6.30. The van der Waals surface area contributed by atoms with Crippen LogP contribution in [-0.2, 0) is 0 Å². The van der Waals surface area contributed by atoms with Crippen LogP contribution < -0.4 is 0 Å². The third-order valence-electron chi connectivity index (χ3n) is 2.93. The van der Waals surface area contributed by atoms with Crippen LogP contribution in [0.3, 0.4) is 0 Å². The minimum atomic E-state index is -0.593. The molecule has 0 fully saturated rings. The van der Waals surface area contributed by atoms with E-state index in [1.807, 2.05) is 61.5 Å². The maximum absolute atomic E-state index is 10.2. The smallest absolute Gasteiger partial charge is 0.101 e. The molecule has 0 spiro atoms. The van der Waals surface area contributed by atoms with Gasteiger partial charge in [0.2, 0.25) is 0 Å². The number of aliphatic hydroxyl groups is 1. The SMILES string of the molecule is C[C@@H](N=Cc1ccc(Cl)cc1)[C@H](O)c1ccccc1. The Morgan fingerprint density at radius 1 is 1.05 bits per heavy atom. The molecule has 98 valence electrons. The highest BCUT2D eigenvalue weighted by atomic mass is 35.5. The average molecular weight is 274 g/mol. The van der Waals surface area contributed by atoms with Crippen LogP contribution in [0.15, 0.2) is 59.6 Å². The zero-order chi connectivity index (χ0) is 13.7. The van der Waals surface area contributed by atoms with Crippen LogP contribution in [0.1, 0.15) is 24.2 Å². The third-order valence-corrected chi connectivity index (χ3v) is 3.18. The first kappa shape index (κ1) is 13.8. The molecule has 0 heterocycles. The van der Waals surface area contributed by atoms with Gasteiger partial charge in [0.1, 0.15) is 6.10 Å². The Morgan fingerprint density at radius 2 is 1.68 bits per heavy atom. The van der Waals surface area contributed by atoms with Gasteiger partial charge in [-0.3, -0.25) is 4.99 Å². The molecule has 0 aromatic heterocycles. The van der Waals surface area contributed by atoms with Crippen molar-refractivity contribution in [2.45, 2.75) is 19.1 Å². The second-order valence-electron chi connectivity index (χ2n) is 4.43. The molecule has 2 aromatic rings. The number of aliphatic imine (C=N–C) groups is 1. The largest absolute Gasteiger partial charge is 0.386 e. The number of rotatable bonds is 4. The molecule has 0 aliphatic carbocycles. The maximum Gasteiger partial charge on any atom is 0.101 e. The Hall–Kier alpha value is -1.64. The van der Waals surface area contributed by atoms with Crippen LogP contribution in [0.2, 0.25) is 5.02 Å². The predicted octanol–water partition coefficient (Wildman–Crippen LogP) is 3.88. The molecule has 2 nitrogen and oxygen atoms in total. The van der Waals surface area contributed by atoms with Gasteiger partial charge in [-0.15, -0.1) is 0 Å². The lowest BCUT2D eigenvalue weighted by Gasteiger charge is -2.15. The van der Waals surface area contributed by atoms with Gasteiger partial charge >= 0.3 is 0 Å². The monoisotopic (exact) mass is 273 g/mol. The number of aliphatic hydroxyl groups excluding tert-OH is 1. The first-order valence-electron chi connectivity index (χ1n) is 6.18. The van der Waals surface area contributed by atoms with E-state index in [0.717, 1.165) is 11.1 Å². The lowest BCUT2D eigenvalue weighted by atomic mass is 10.0. The molecule has 0 aliphatic heterocycles. The molecule has 2 aromatic carbocycles. The van der Waals surface area contributed by atoms with E-state index in [4.69, 9.17) is 11.6 Å². The molecular weight excluding hydrogens is 258 g/mol. The van der Waals surface area contributed by atoms with Gasteiger partial charge in [-0.25, -0.2) is 0 Å². The van der Waals surface area contributed by atoms with Crippen LogP contribution in [0.5, 0.6) is 0 Å². The highest BCUT2D eigenvalue weighted by Crippen LogP contribution is 2.18. The van der Waals surface area contributed by atoms with Crippen LogP contribution in [0, 0.1) is 0 Å². The van der Waals surface area contributed by atoms with Gasteiger partial charge in [-0.1, -0.05) is 54.1 Å². The molecule has 2 rings (SSSR count). The Labute approximate surface area is 118 Å². The minimum absolute atomic E-state index is 0.196. The molecule has 19 heavy (non-hydrogen) atoms. The Bertz CT molecular complexity index is 536. The second kappa shape index (κ2) is 6.50. The maximum atomic E-state index is 10.2. The first-order valence-corrected chi connectivity index (χ1v) is 6.56. The van der Waals surface area contributed by atoms with Gasteiger partial charge < -0.3 is 5.11 Å². The van der Waals surface area contributed by atoms with E-state index >= 15 is 0 Å². The van der Waals surface area contributed by atoms with Crippen molar-refractivity contribution < 1.29 is 5.11 Å². The predicted molar refractivity (Wildman–Crippen MR) is 79.9 cm³/mol. The lowest BCUT2D eigenvalue weighted by molar-refractivity contribution is 0.154. The Morgan fingerprint density at radius 3 is 2.32 bits per heavy atom. The van der Waals surface area contributed by atoms with Crippen LogP contribution in [0.4, 0.5) is 0 Å². The summed E-state index contributed by atoms with van der Waals surface area (Å²) in [6.45, 7) is 1.89. The second-order valence-corrected chi connectivity index (χ2v) is 4.86. The molecule has 1 N–H and O–H groups in total. The van der Waals surface area contributed by atoms with Crippen molar-refractivity contribution in [3.8, 4) is 0 Å². The normalized spacial score (nSPS) is 14.5. The van der Waals surface area contributed by atoms with Crippen molar-refractivity contribution in [3.63, 3.8) is 0 Å². The lowest BCUT2D eigenvalue weighted by Crippen LogP contribution is -2.12. The minimum Gasteiger partial charge on any atom is -0.386 e. The third kappa shape index (κ3) is 3.91. The number of halogens is 1. The van der Waals surface area contributed by atoms with Gasteiger partial charge in [0.05, 0.1) is 6.04 Å². The summed E-state index contributed by atoms with van der Waals surface area (Å²) in [7, 11) is 0. The van der Waals surface area contributed by atoms with E-state index in [1.54, 1.807) is 6.21 Å². The molecule has 0 radical (unpaired) electrons. The van der Waals surface area contributed by atoms with E-state index < -0.39 is 6.10 Å². The van der Waals surface area contributed by atoms with Gasteiger partial charge in [0.25, 0.3) is 0 Å². The molecule has 3 heteroatoms. The zero-order valence-electron chi connectivity index (χ0n) is 10.7. The highest BCUT2D eigenvalue weighted by Gasteiger charge is 2.13. The van der Waals surface area contributed by atoms with E-state index in [9.17, 15) is 5.11 Å². The molecule has 0 saturated heterocycles. The molecule has 2 atom stereocenters. The van der Waals surface area contributed by atoms with E-state index in [1.165, 1.54) is 0 Å². The van der Waals surface area contributed by atoms with Gasteiger partial charge in [0, 0.05) is 11.2 Å². The topological polar surface area (TPSA) is 32.6 Å². The van der Waals surface area contributed by atoms with Crippen LogP contribution in [0.25, 0.3) is 0 Å². The van der Waals surface area contributed by atoms with E-state index in [0.29, 0.717) is 5.02 Å². The van der Waals surface area contributed by atoms with Crippen molar-refractivity contribution in [2.75, 3.05) is 0 Å². The van der Waals surface area contributed by atoms with Crippen molar-refractivity contribution in [1.29, 1.82) is 0 Å². The fourth-order valence-electron chi connectivity index (χ4n) is 1.76. The molecule has 0 saturated carbocycles. The van der Waals surface area contributed by atoms with E-state index in [-0.39, 0.29) is 6.04 Å². The fraction of sp³-hybridized carbons (Fsp3) is 0.188. The Kier molecular flexibility index (Phi) is 4.72. The standard InChI is InChI=1S/C16H16ClNO/c1-12(16(19)14-5-3-2-4-6-14)18-11-13-7-9-15(17)10-8-13/h2-12,16,19H,1H3/t12-,16+/m1/s1. The zero-order valence-corrected chi connectivity index (χ0v) is 11.5. The van der Waals surface area contributed by atoms with Crippen LogP contribution in [-0.4, -0.2) is 17.4 Å². The summed E-state index contributed by atoms with van der Waals surface area (Å²) in [6, 6.07) is 16.8. The quantitative estimate of drug-likeness (QED) is 0.843. The Balaban J connectivity index is 2.04. The summed E-state index contributed by atoms with van der Waals surface area (Å²) in [6.07, 6.45) is 1.16. The van der Waals surface area contributed by atoms with Crippen molar-refractivity contribution in [1.82, 2.24) is 0 Å². The summed E-state index contributed by atoms with van der Waals surface area (Å²) < 4.78 is 0. The van der Waals surface area contributed by atoms with Gasteiger partial charge in [-0.2, -0.15) is 0 Å². The summed E-state index contributed by atoms with van der Waals surface area (Å²) in [4.78, 5) is 4.38. The van der Waals surface area contributed by atoms with Gasteiger partial charge in [0.15, 0.2) is 0 Å². The molecular formula is C16H16ClNO. The van der Waals surface area contributed by atoms with Crippen molar-refractivity contribution in [3.05, 3.63) is 70.7 Å². The fourth-order valence-corrected chi connectivity index (χ4v) is 1.89. The number of hydrogen-bond acceptors (Lipinski definition) is 2. The van der Waals surface area contributed by atoms with E-state index in [2.05, 4.69) is 4.99 Å².